The molecule has 0 spiro atoms. The molecular weight excluding hydrogens is 418 g/mol. The fourth-order valence-electron chi connectivity index (χ4n) is 2.98. The third kappa shape index (κ3) is 3.42. The third-order valence-electron chi connectivity index (χ3n) is 4.39. The highest BCUT2D eigenvalue weighted by Gasteiger charge is 2.41. The summed E-state index contributed by atoms with van der Waals surface area (Å²) in [5.74, 6) is -1.85. The van der Waals surface area contributed by atoms with Crippen LogP contribution in [0.4, 0.5) is 26.3 Å². The Balaban J connectivity index is 1.83. The number of hydrogen-bond donors (Lipinski definition) is 0. The summed E-state index contributed by atoms with van der Waals surface area (Å²) in [5.41, 5.74) is -1.35. The van der Waals surface area contributed by atoms with E-state index in [1.165, 1.54) is 18.7 Å². The summed E-state index contributed by atoms with van der Waals surface area (Å²) >= 11 is 5.69. The molecule has 1 amide bonds. The molecular formula is C14H13ClF6N6O. The molecule has 14 heteroatoms. The van der Waals surface area contributed by atoms with Gasteiger partial charge >= 0.3 is 12.4 Å². The van der Waals surface area contributed by atoms with E-state index in [0.717, 1.165) is 9.25 Å². The van der Waals surface area contributed by atoms with Gasteiger partial charge in [0.15, 0.2) is 11.5 Å². The second-order valence-corrected chi connectivity index (χ2v) is 6.59. The maximum absolute atomic E-state index is 13.0. The number of carbonyl (C=O) groups is 1. The average Bonchev–Trinajstić information content (AvgIpc) is 3.14. The first kappa shape index (κ1) is 20.4. The van der Waals surface area contributed by atoms with Crippen molar-refractivity contribution < 1.29 is 31.1 Å². The van der Waals surface area contributed by atoms with E-state index in [2.05, 4.69) is 15.3 Å². The summed E-state index contributed by atoms with van der Waals surface area (Å²) < 4.78 is 79.2. The van der Waals surface area contributed by atoms with Gasteiger partial charge in [-0.15, -0.1) is 10.2 Å². The van der Waals surface area contributed by atoms with Crippen LogP contribution in [0, 0.1) is 6.92 Å². The quantitative estimate of drug-likeness (QED) is 0.687. The van der Waals surface area contributed by atoms with Gasteiger partial charge in [-0.2, -0.15) is 31.4 Å². The van der Waals surface area contributed by atoms with Gasteiger partial charge in [-0.1, -0.05) is 11.6 Å². The van der Waals surface area contributed by atoms with E-state index in [1.807, 2.05) is 0 Å². The van der Waals surface area contributed by atoms with Gasteiger partial charge in [0.05, 0.1) is 17.3 Å². The lowest BCUT2D eigenvalue weighted by molar-refractivity contribution is -0.148. The van der Waals surface area contributed by atoms with Gasteiger partial charge in [-0.3, -0.25) is 9.48 Å². The van der Waals surface area contributed by atoms with E-state index in [9.17, 15) is 31.1 Å². The van der Waals surface area contributed by atoms with Gasteiger partial charge in [0, 0.05) is 13.1 Å². The molecule has 7 nitrogen and oxygen atoms in total. The van der Waals surface area contributed by atoms with Crippen molar-refractivity contribution in [2.45, 2.75) is 45.3 Å². The van der Waals surface area contributed by atoms with Crippen molar-refractivity contribution in [1.82, 2.24) is 29.4 Å². The van der Waals surface area contributed by atoms with Gasteiger partial charge in [-0.05, 0) is 13.8 Å². The summed E-state index contributed by atoms with van der Waals surface area (Å²) in [6.45, 7) is 2.09. The number of rotatable bonds is 2. The van der Waals surface area contributed by atoms with Crippen molar-refractivity contribution in [2.75, 3.05) is 6.54 Å². The lowest BCUT2D eigenvalue weighted by atomic mass is 10.2. The molecule has 3 rings (SSSR count). The van der Waals surface area contributed by atoms with Crippen LogP contribution in [0.5, 0.6) is 0 Å². The topological polar surface area (TPSA) is 68.8 Å². The van der Waals surface area contributed by atoms with Crippen LogP contribution in [0.3, 0.4) is 0 Å². The van der Waals surface area contributed by atoms with Gasteiger partial charge in [0.25, 0.3) is 0 Å². The average molecular weight is 431 g/mol. The number of alkyl halides is 6. The van der Waals surface area contributed by atoms with Crippen LogP contribution < -0.4 is 0 Å². The first-order valence-corrected chi connectivity index (χ1v) is 8.30. The lowest BCUT2D eigenvalue weighted by Crippen LogP contribution is -2.42. The molecule has 154 valence electrons. The maximum Gasteiger partial charge on any atom is 0.451 e. The summed E-state index contributed by atoms with van der Waals surface area (Å²) in [5, 5.41) is 9.37. The van der Waals surface area contributed by atoms with Crippen molar-refractivity contribution >= 4 is 17.5 Å². The molecule has 1 atom stereocenters. The van der Waals surface area contributed by atoms with Crippen LogP contribution >= 0.6 is 11.6 Å². The normalized spacial score (nSPS) is 16.2. The molecule has 1 aliphatic heterocycles. The summed E-state index contributed by atoms with van der Waals surface area (Å²) in [4.78, 5) is 13.9. The Labute approximate surface area is 158 Å². The highest BCUT2D eigenvalue weighted by atomic mass is 35.5. The molecule has 0 saturated carbocycles. The smallest absolute Gasteiger partial charge is 0.332 e. The minimum atomic E-state index is -4.79. The molecule has 0 saturated heterocycles. The predicted octanol–water partition coefficient (Wildman–Crippen LogP) is 3.08. The molecule has 0 bridgehead atoms. The monoisotopic (exact) mass is 430 g/mol. The molecule has 3 heterocycles. The van der Waals surface area contributed by atoms with E-state index < -0.39 is 40.8 Å². The van der Waals surface area contributed by atoms with Crippen LogP contribution in [-0.2, 0) is 30.2 Å². The second-order valence-electron chi connectivity index (χ2n) is 6.22. The van der Waals surface area contributed by atoms with Gasteiger partial charge < -0.3 is 9.47 Å². The SMILES string of the molecule is Cc1c(Cl)c(C(F)(F)F)nn1C(C)C(=O)N1CCn2c(nnc2C(F)(F)F)C1. The molecule has 0 aliphatic carbocycles. The first-order valence-electron chi connectivity index (χ1n) is 7.92. The zero-order valence-electron chi connectivity index (χ0n) is 14.4. The van der Waals surface area contributed by atoms with Gasteiger partial charge in [0.2, 0.25) is 11.7 Å². The number of halogens is 7. The zero-order valence-corrected chi connectivity index (χ0v) is 15.2. The molecule has 2 aromatic rings. The van der Waals surface area contributed by atoms with E-state index >= 15 is 0 Å². The molecule has 0 N–H and O–H groups in total. The van der Waals surface area contributed by atoms with E-state index in [1.54, 1.807) is 0 Å². The van der Waals surface area contributed by atoms with Crippen molar-refractivity contribution in [1.29, 1.82) is 0 Å². The predicted molar refractivity (Wildman–Crippen MR) is 82.1 cm³/mol. The zero-order chi connectivity index (χ0) is 21.0. The van der Waals surface area contributed by atoms with Crippen LogP contribution in [0.15, 0.2) is 0 Å². The maximum atomic E-state index is 13.0. The van der Waals surface area contributed by atoms with Crippen molar-refractivity contribution in [3.63, 3.8) is 0 Å². The van der Waals surface area contributed by atoms with E-state index in [-0.39, 0.29) is 31.2 Å². The van der Waals surface area contributed by atoms with Crippen molar-refractivity contribution in [3.8, 4) is 0 Å². The highest BCUT2D eigenvalue weighted by molar-refractivity contribution is 6.32. The Bertz CT molecular complexity index is 917. The van der Waals surface area contributed by atoms with Crippen LogP contribution in [0.25, 0.3) is 0 Å². The minimum absolute atomic E-state index is 0.0469. The van der Waals surface area contributed by atoms with Crippen LogP contribution in [-0.4, -0.2) is 41.9 Å². The Morgan fingerprint density at radius 1 is 1.11 bits per heavy atom. The molecule has 28 heavy (non-hydrogen) atoms. The Morgan fingerprint density at radius 2 is 1.75 bits per heavy atom. The molecule has 0 radical (unpaired) electrons. The largest absolute Gasteiger partial charge is 0.451 e. The number of amides is 1. The molecule has 1 aliphatic rings. The molecule has 0 fully saturated rings. The number of carbonyl (C=O) groups excluding carboxylic acids is 1. The Morgan fingerprint density at radius 3 is 2.29 bits per heavy atom. The van der Waals surface area contributed by atoms with Gasteiger partial charge in [-0.25, -0.2) is 0 Å². The second kappa shape index (κ2) is 6.64. The van der Waals surface area contributed by atoms with E-state index in [4.69, 9.17) is 11.6 Å². The summed E-state index contributed by atoms with van der Waals surface area (Å²) in [6.07, 6.45) is -9.47. The van der Waals surface area contributed by atoms with Crippen LogP contribution in [0.1, 0.15) is 36.0 Å². The van der Waals surface area contributed by atoms with Crippen LogP contribution in [0.2, 0.25) is 5.02 Å². The van der Waals surface area contributed by atoms with E-state index in [0.29, 0.717) is 0 Å². The molecule has 1 unspecified atom stereocenters. The minimum Gasteiger partial charge on any atom is -0.332 e. The first-order chi connectivity index (χ1) is 12.8. The number of aromatic nitrogens is 5. The van der Waals surface area contributed by atoms with Crippen molar-refractivity contribution in [3.05, 3.63) is 28.1 Å². The fourth-order valence-corrected chi connectivity index (χ4v) is 3.21. The molecule has 0 aromatic carbocycles. The highest BCUT2D eigenvalue weighted by Crippen LogP contribution is 2.36. The summed E-state index contributed by atoms with van der Waals surface area (Å²) in [7, 11) is 0. The number of hydrogen-bond acceptors (Lipinski definition) is 4. The number of nitrogens with zero attached hydrogens (tertiary/aromatic N) is 6. The summed E-state index contributed by atoms with van der Waals surface area (Å²) in [6, 6.07) is -1.15. The molecule has 2 aromatic heterocycles. The standard InChI is InChI=1S/C14H13ClF6N6O/c1-6-9(15)10(13(16,17)18)24-27(6)7(2)11(28)25-3-4-26-8(5-25)22-23-12(26)14(19,20)21/h7H,3-5H2,1-2H3. The Kier molecular flexibility index (Phi) is 4.84. The lowest BCUT2D eigenvalue weighted by Gasteiger charge is -2.30. The number of fused-ring (bicyclic) bond motifs is 1. The fraction of sp³-hybridized carbons (Fsp3) is 0.571. The third-order valence-corrected chi connectivity index (χ3v) is 4.84. The van der Waals surface area contributed by atoms with Crippen molar-refractivity contribution in [2.24, 2.45) is 0 Å². The Hall–Kier alpha value is -2.31. The van der Waals surface area contributed by atoms with Gasteiger partial charge in [0.1, 0.15) is 6.04 Å².